The number of nitrogens with zero attached hydrogens (tertiary/aromatic N) is 2. The summed E-state index contributed by atoms with van der Waals surface area (Å²) in [6.07, 6.45) is 2.49. The summed E-state index contributed by atoms with van der Waals surface area (Å²) in [7, 11) is 0. The van der Waals surface area contributed by atoms with Crippen LogP contribution in [0.3, 0.4) is 0 Å². The van der Waals surface area contributed by atoms with Crippen LogP contribution in [0.25, 0.3) is 6.08 Å². The minimum atomic E-state index is -0.542. The standard InChI is InChI=1S/C15H11N3O5/c19-15(16-12-6-8-13(9-7-12)17(20)21)10-5-11-3-1-2-4-14(11)18(22)23/h1-10H,(H,16,19)/b10-5+. The van der Waals surface area contributed by atoms with Gasteiger partial charge in [-0.3, -0.25) is 25.0 Å². The quantitative estimate of drug-likeness (QED) is 0.517. The Morgan fingerprint density at radius 2 is 1.61 bits per heavy atom. The van der Waals surface area contributed by atoms with E-state index in [-0.39, 0.29) is 11.4 Å². The molecule has 2 aromatic carbocycles. The molecule has 0 atom stereocenters. The largest absolute Gasteiger partial charge is 0.323 e. The molecule has 2 aromatic rings. The predicted molar refractivity (Wildman–Crippen MR) is 83.9 cm³/mol. The third-order valence-corrected chi connectivity index (χ3v) is 2.89. The van der Waals surface area contributed by atoms with Gasteiger partial charge in [0.1, 0.15) is 0 Å². The van der Waals surface area contributed by atoms with Gasteiger partial charge in [-0.1, -0.05) is 12.1 Å². The second-order valence-corrected chi connectivity index (χ2v) is 4.44. The second kappa shape index (κ2) is 6.94. The lowest BCUT2D eigenvalue weighted by atomic mass is 10.1. The highest BCUT2D eigenvalue weighted by molar-refractivity contribution is 6.02. The first-order valence-corrected chi connectivity index (χ1v) is 6.44. The second-order valence-electron chi connectivity index (χ2n) is 4.44. The van der Waals surface area contributed by atoms with E-state index < -0.39 is 15.8 Å². The number of rotatable bonds is 5. The molecule has 23 heavy (non-hydrogen) atoms. The number of amides is 1. The first kappa shape index (κ1) is 15.8. The molecule has 0 bridgehead atoms. The van der Waals surface area contributed by atoms with Crippen molar-refractivity contribution in [3.8, 4) is 0 Å². The third-order valence-electron chi connectivity index (χ3n) is 2.89. The van der Waals surface area contributed by atoms with E-state index in [2.05, 4.69) is 5.32 Å². The average Bonchev–Trinajstić information content (AvgIpc) is 2.53. The number of benzene rings is 2. The Morgan fingerprint density at radius 3 is 2.22 bits per heavy atom. The lowest BCUT2D eigenvalue weighted by molar-refractivity contribution is -0.385. The zero-order valence-corrected chi connectivity index (χ0v) is 11.7. The highest BCUT2D eigenvalue weighted by Crippen LogP contribution is 2.19. The SMILES string of the molecule is O=C(/C=C/c1ccccc1[N+](=O)[O-])Nc1ccc([N+](=O)[O-])cc1. The molecule has 8 heteroatoms. The van der Waals surface area contributed by atoms with E-state index in [1.807, 2.05) is 0 Å². The molecule has 0 fully saturated rings. The summed E-state index contributed by atoms with van der Waals surface area (Å²) in [5.41, 5.74) is 0.495. The Balaban J connectivity index is 2.07. The molecule has 0 saturated carbocycles. The number of nitro benzene ring substituents is 2. The Bertz CT molecular complexity index is 784. The molecule has 0 saturated heterocycles. The molecule has 0 heterocycles. The Morgan fingerprint density at radius 1 is 0.957 bits per heavy atom. The predicted octanol–water partition coefficient (Wildman–Crippen LogP) is 3.15. The lowest BCUT2D eigenvalue weighted by Crippen LogP contribution is -2.07. The molecule has 0 radical (unpaired) electrons. The van der Waals surface area contributed by atoms with Crippen molar-refractivity contribution in [2.75, 3.05) is 5.32 Å². The van der Waals surface area contributed by atoms with E-state index in [1.165, 1.54) is 48.5 Å². The van der Waals surface area contributed by atoms with Gasteiger partial charge in [-0.25, -0.2) is 0 Å². The summed E-state index contributed by atoms with van der Waals surface area (Å²) >= 11 is 0. The van der Waals surface area contributed by atoms with Crippen molar-refractivity contribution in [2.24, 2.45) is 0 Å². The van der Waals surface area contributed by atoms with Crippen LogP contribution >= 0.6 is 0 Å². The first-order valence-electron chi connectivity index (χ1n) is 6.44. The smallest absolute Gasteiger partial charge is 0.276 e. The van der Waals surface area contributed by atoms with E-state index in [0.717, 1.165) is 6.08 Å². The maximum Gasteiger partial charge on any atom is 0.276 e. The van der Waals surface area contributed by atoms with Crippen LogP contribution in [0, 0.1) is 20.2 Å². The minimum absolute atomic E-state index is 0.0848. The van der Waals surface area contributed by atoms with Crippen molar-refractivity contribution in [1.29, 1.82) is 0 Å². The molecule has 1 amide bonds. The van der Waals surface area contributed by atoms with Gasteiger partial charge in [-0.2, -0.15) is 0 Å². The van der Waals surface area contributed by atoms with Crippen LogP contribution < -0.4 is 5.32 Å². The van der Waals surface area contributed by atoms with Crippen LogP contribution in [0.15, 0.2) is 54.6 Å². The van der Waals surface area contributed by atoms with Gasteiger partial charge in [0.05, 0.1) is 15.4 Å². The lowest BCUT2D eigenvalue weighted by Gasteiger charge is -2.01. The van der Waals surface area contributed by atoms with Crippen molar-refractivity contribution in [3.63, 3.8) is 0 Å². The zero-order chi connectivity index (χ0) is 16.8. The molecular weight excluding hydrogens is 302 g/mol. The monoisotopic (exact) mass is 313 g/mol. The number of hydrogen-bond donors (Lipinski definition) is 1. The third kappa shape index (κ3) is 4.21. The summed E-state index contributed by atoms with van der Waals surface area (Å²) in [4.78, 5) is 32.1. The normalized spacial score (nSPS) is 10.4. The van der Waals surface area contributed by atoms with Crippen molar-refractivity contribution in [1.82, 2.24) is 0 Å². The first-order chi connectivity index (χ1) is 11.0. The number of nitro groups is 2. The van der Waals surface area contributed by atoms with E-state index >= 15 is 0 Å². The fourth-order valence-corrected chi connectivity index (χ4v) is 1.81. The Labute approximate surface area is 130 Å². The van der Waals surface area contributed by atoms with Crippen LogP contribution in [0.2, 0.25) is 0 Å². The molecule has 8 nitrogen and oxygen atoms in total. The highest BCUT2D eigenvalue weighted by Gasteiger charge is 2.10. The Hall–Kier alpha value is -3.55. The van der Waals surface area contributed by atoms with Gasteiger partial charge in [0, 0.05) is 30.0 Å². The fraction of sp³-hybridized carbons (Fsp3) is 0. The zero-order valence-electron chi connectivity index (χ0n) is 11.7. The van der Waals surface area contributed by atoms with E-state index in [9.17, 15) is 25.0 Å². The summed E-state index contributed by atoms with van der Waals surface area (Å²) in [5.74, 6) is -0.503. The van der Waals surface area contributed by atoms with E-state index in [0.29, 0.717) is 11.3 Å². The number of nitrogens with one attached hydrogen (secondary N) is 1. The molecule has 0 unspecified atom stereocenters. The molecule has 0 aromatic heterocycles. The molecule has 0 aliphatic rings. The van der Waals surface area contributed by atoms with Crippen molar-refractivity contribution < 1.29 is 14.6 Å². The summed E-state index contributed by atoms with van der Waals surface area (Å²) < 4.78 is 0. The summed E-state index contributed by atoms with van der Waals surface area (Å²) in [6, 6.07) is 11.3. The average molecular weight is 313 g/mol. The van der Waals surface area contributed by atoms with Crippen LogP contribution in [-0.2, 0) is 4.79 Å². The number of carbonyl (C=O) groups is 1. The number of anilines is 1. The van der Waals surface area contributed by atoms with Crippen LogP contribution in [-0.4, -0.2) is 15.8 Å². The van der Waals surface area contributed by atoms with Crippen molar-refractivity contribution in [2.45, 2.75) is 0 Å². The number of hydrogen-bond acceptors (Lipinski definition) is 5. The maximum atomic E-state index is 11.8. The maximum absolute atomic E-state index is 11.8. The molecule has 2 rings (SSSR count). The van der Waals surface area contributed by atoms with Crippen LogP contribution in [0.1, 0.15) is 5.56 Å². The van der Waals surface area contributed by atoms with Crippen molar-refractivity contribution in [3.05, 3.63) is 80.4 Å². The summed E-state index contributed by atoms with van der Waals surface area (Å²) in [5, 5.41) is 23.9. The Kier molecular flexibility index (Phi) is 4.78. The molecule has 116 valence electrons. The topological polar surface area (TPSA) is 115 Å². The fourth-order valence-electron chi connectivity index (χ4n) is 1.81. The highest BCUT2D eigenvalue weighted by atomic mass is 16.6. The van der Waals surface area contributed by atoms with Gasteiger partial charge in [0.25, 0.3) is 11.4 Å². The van der Waals surface area contributed by atoms with Gasteiger partial charge in [-0.05, 0) is 24.3 Å². The van der Waals surface area contributed by atoms with Gasteiger partial charge >= 0.3 is 0 Å². The van der Waals surface area contributed by atoms with Crippen molar-refractivity contribution >= 4 is 29.0 Å². The number of para-hydroxylation sites is 1. The van der Waals surface area contributed by atoms with Gasteiger partial charge in [0.2, 0.25) is 5.91 Å². The molecule has 0 spiro atoms. The van der Waals surface area contributed by atoms with Gasteiger partial charge < -0.3 is 5.32 Å². The van der Waals surface area contributed by atoms with E-state index in [4.69, 9.17) is 0 Å². The molecule has 1 N–H and O–H groups in total. The molecule has 0 aliphatic heterocycles. The van der Waals surface area contributed by atoms with Crippen LogP contribution in [0.4, 0.5) is 17.1 Å². The van der Waals surface area contributed by atoms with Gasteiger partial charge in [0.15, 0.2) is 0 Å². The summed E-state index contributed by atoms with van der Waals surface area (Å²) in [6.45, 7) is 0. The number of carbonyl (C=O) groups excluding carboxylic acids is 1. The van der Waals surface area contributed by atoms with E-state index in [1.54, 1.807) is 6.07 Å². The molecule has 0 aliphatic carbocycles. The number of non-ortho nitro benzene ring substituents is 1. The minimum Gasteiger partial charge on any atom is -0.323 e. The van der Waals surface area contributed by atoms with Crippen LogP contribution in [0.5, 0.6) is 0 Å². The molecular formula is C15H11N3O5. The van der Waals surface area contributed by atoms with Gasteiger partial charge in [-0.15, -0.1) is 0 Å².